The first-order chi connectivity index (χ1) is 9.82. The first-order valence-electron chi connectivity index (χ1n) is 7.69. The second-order valence-electron chi connectivity index (χ2n) is 8.82. The van der Waals surface area contributed by atoms with E-state index in [0.29, 0.717) is 0 Å². The van der Waals surface area contributed by atoms with Crippen molar-refractivity contribution in [2.24, 2.45) is 0 Å². The molecule has 1 aromatic heterocycles. The van der Waals surface area contributed by atoms with Crippen LogP contribution in [0.4, 0.5) is 17.3 Å². The van der Waals surface area contributed by atoms with Gasteiger partial charge in [0.1, 0.15) is 0 Å². The molecule has 0 saturated carbocycles. The quantitative estimate of drug-likeness (QED) is 0.290. The molecule has 0 atom stereocenters. The van der Waals surface area contributed by atoms with Crippen molar-refractivity contribution in [3.05, 3.63) is 29.2 Å². The van der Waals surface area contributed by atoms with Gasteiger partial charge in [-0.1, -0.05) is 20.8 Å². The van der Waals surface area contributed by atoms with Gasteiger partial charge in [-0.15, -0.1) is 0 Å². The Morgan fingerprint density at radius 1 is 0.652 bits per heavy atom. The van der Waals surface area contributed by atoms with Crippen LogP contribution >= 0.6 is 0 Å². The van der Waals surface area contributed by atoms with Crippen LogP contribution in [0.5, 0.6) is 0 Å². The van der Waals surface area contributed by atoms with E-state index in [1.165, 1.54) is 5.56 Å². The molecule has 1 heterocycles. The Labute approximate surface area is 137 Å². The van der Waals surface area contributed by atoms with Crippen molar-refractivity contribution >= 4 is 7.25 Å². The molecule has 0 aliphatic rings. The van der Waals surface area contributed by atoms with Gasteiger partial charge in [-0.25, -0.2) is 4.42 Å². The van der Waals surface area contributed by atoms with E-state index in [0.717, 1.165) is 11.5 Å². The second-order valence-corrected chi connectivity index (χ2v) is 8.82. The molecule has 1 rings (SSSR count). The summed E-state index contributed by atoms with van der Waals surface area (Å²) >= 11 is 0. The number of hydrogen-bond acceptors (Lipinski definition) is 0. The Bertz CT molecular complexity index is 432. The first-order valence-corrected chi connectivity index (χ1v) is 7.69. The molecule has 0 bridgehead atoms. The Kier molecular flexibility index (Phi) is 6.50. The molecule has 0 N–H and O–H groups in total. The summed E-state index contributed by atoms with van der Waals surface area (Å²) in [5.74, 6) is 2.14. The Morgan fingerprint density at radius 3 is 1.09 bits per heavy atom. The second kappa shape index (κ2) is 6.82. The van der Waals surface area contributed by atoms with E-state index in [9.17, 15) is 17.3 Å². The third kappa shape index (κ3) is 8.97. The Morgan fingerprint density at radius 2 is 0.913 bits per heavy atom. The molecule has 0 fully saturated rings. The van der Waals surface area contributed by atoms with Crippen molar-refractivity contribution in [1.82, 2.24) is 0 Å². The van der Waals surface area contributed by atoms with Crippen LogP contribution in [0.1, 0.15) is 79.4 Å². The van der Waals surface area contributed by atoms with E-state index in [2.05, 4.69) is 74.4 Å². The van der Waals surface area contributed by atoms with E-state index >= 15 is 0 Å². The van der Waals surface area contributed by atoms with Crippen LogP contribution in [0.25, 0.3) is 0 Å². The van der Waals surface area contributed by atoms with Gasteiger partial charge >= 0.3 is 18.8 Å². The molecule has 6 heteroatoms. The summed E-state index contributed by atoms with van der Waals surface area (Å²) in [4.78, 5) is 0. The average Bonchev–Trinajstić information content (AvgIpc) is 2.22. The van der Waals surface area contributed by atoms with Gasteiger partial charge in [0.05, 0.1) is 10.8 Å². The van der Waals surface area contributed by atoms with Crippen molar-refractivity contribution in [2.75, 3.05) is 0 Å². The average molecular weight is 336 g/mol. The number of hydrogen-bond donors (Lipinski definition) is 0. The molecule has 0 amide bonds. The van der Waals surface area contributed by atoms with Gasteiger partial charge in [-0.05, 0) is 52.5 Å². The maximum absolute atomic E-state index is 9.75. The van der Waals surface area contributed by atoms with Gasteiger partial charge in [-0.2, -0.15) is 0 Å². The smallest absolute Gasteiger partial charge is 0.418 e. The lowest BCUT2D eigenvalue weighted by atomic mass is 9.82. The maximum Gasteiger partial charge on any atom is 0.673 e. The predicted octanol–water partition coefficient (Wildman–Crippen LogP) is 6.75. The molecule has 0 radical (unpaired) electrons. The van der Waals surface area contributed by atoms with Crippen molar-refractivity contribution in [1.29, 1.82) is 0 Å². The van der Waals surface area contributed by atoms with Crippen LogP contribution < -0.4 is 0 Å². The summed E-state index contributed by atoms with van der Waals surface area (Å²) in [7, 11) is -6.00. The third-order valence-electron chi connectivity index (χ3n) is 3.14. The fourth-order valence-electron chi connectivity index (χ4n) is 1.67. The standard InChI is InChI=1S/C17H29O.BF4/c1-15(2,3)12-10-13(16(4,5)6)18-14(11-12)17(7,8)9;2-1(3,4)5/h10-11H,1-9H3;/q+1;-1. The lowest BCUT2D eigenvalue weighted by Gasteiger charge is -2.21. The summed E-state index contributed by atoms with van der Waals surface area (Å²) in [5, 5.41) is 0. The van der Waals surface area contributed by atoms with Crippen LogP contribution in [-0.2, 0) is 16.2 Å². The van der Waals surface area contributed by atoms with Crippen LogP contribution in [0.2, 0.25) is 0 Å². The van der Waals surface area contributed by atoms with E-state index in [4.69, 9.17) is 4.42 Å². The zero-order valence-electron chi connectivity index (χ0n) is 15.7. The van der Waals surface area contributed by atoms with Gasteiger partial charge < -0.3 is 17.3 Å². The topological polar surface area (TPSA) is 11.3 Å². The van der Waals surface area contributed by atoms with E-state index in [1.807, 2.05) is 0 Å². The summed E-state index contributed by atoms with van der Waals surface area (Å²) in [6.07, 6.45) is 0. The summed E-state index contributed by atoms with van der Waals surface area (Å²) < 4.78 is 45.1. The molecule has 23 heavy (non-hydrogen) atoms. The minimum Gasteiger partial charge on any atom is -0.418 e. The first kappa shape index (κ1) is 21.9. The fraction of sp³-hybridized carbons (Fsp3) is 0.706. The van der Waals surface area contributed by atoms with Gasteiger partial charge in [0.15, 0.2) is 0 Å². The van der Waals surface area contributed by atoms with Crippen LogP contribution in [-0.4, -0.2) is 7.25 Å². The van der Waals surface area contributed by atoms with Crippen LogP contribution in [0, 0.1) is 0 Å². The summed E-state index contributed by atoms with van der Waals surface area (Å²) in [5.41, 5.74) is 1.59. The number of rotatable bonds is 0. The largest absolute Gasteiger partial charge is 0.673 e. The SMILES string of the molecule is CC(C)(C)c1cc(C(C)(C)C)[o+]c(C(C)(C)C)c1.F[B-](F)(F)F. The monoisotopic (exact) mass is 336 g/mol. The molecule has 0 aromatic carbocycles. The predicted molar refractivity (Wildman–Crippen MR) is 89.4 cm³/mol. The molecule has 0 unspecified atom stereocenters. The zero-order valence-corrected chi connectivity index (χ0v) is 15.7. The highest BCUT2D eigenvalue weighted by atomic mass is 19.5. The van der Waals surface area contributed by atoms with Crippen LogP contribution in [0.15, 0.2) is 16.5 Å². The van der Waals surface area contributed by atoms with Crippen molar-refractivity contribution in [3.8, 4) is 0 Å². The summed E-state index contributed by atoms with van der Waals surface area (Å²) in [6.45, 7) is 19.9. The molecule has 0 spiro atoms. The lowest BCUT2D eigenvalue weighted by Crippen LogP contribution is -2.20. The Hall–Kier alpha value is -1.07. The molecular formula is C17H29BF4O. The van der Waals surface area contributed by atoms with Crippen molar-refractivity contribution in [2.45, 2.75) is 78.6 Å². The molecule has 1 nitrogen and oxygen atoms in total. The zero-order chi connectivity index (χ0) is 18.9. The minimum absolute atomic E-state index is 0.0429. The maximum atomic E-state index is 9.75. The third-order valence-corrected chi connectivity index (χ3v) is 3.14. The van der Waals surface area contributed by atoms with Gasteiger partial charge in [0.2, 0.25) is 0 Å². The minimum atomic E-state index is -6.00. The van der Waals surface area contributed by atoms with E-state index in [-0.39, 0.29) is 16.2 Å². The molecular weight excluding hydrogens is 307 g/mol. The molecule has 0 saturated heterocycles. The molecule has 0 aliphatic carbocycles. The fourth-order valence-corrected chi connectivity index (χ4v) is 1.67. The van der Waals surface area contributed by atoms with Gasteiger partial charge in [-0.3, -0.25) is 0 Å². The lowest BCUT2D eigenvalue weighted by molar-refractivity contribution is 0.325. The molecule has 134 valence electrons. The highest BCUT2D eigenvalue weighted by Gasteiger charge is 2.35. The molecule has 1 aromatic rings. The number of halogens is 4. The highest BCUT2D eigenvalue weighted by molar-refractivity contribution is 6.50. The van der Waals surface area contributed by atoms with Crippen LogP contribution in [0.3, 0.4) is 0 Å². The summed E-state index contributed by atoms with van der Waals surface area (Å²) in [6, 6.07) is 4.43. The normalized spacial score (nSPS) is 13.4. The van der Waals surface area contributed by atoms with Gasteiger partial charge in [0.25, 0.3) is 0 Å². The van der Waals surface area contributed by atoms with Crippen molar-refractivity contribution < 1.29 is 21.7 Å². The van der Waals surface area contributed by atoms with Crippen molar-refractivity contribution in [3.63, 3.8) is 0 Å². The Balaban J connectivity index is 0.000000841. The molecule has 0 aliphatic heterocycles. The van der Waals surface area contributed by atoms with E-state index in [1.54, 1.807) is 0 Å². The van der Waals surface area contributed by atoms with Gasteiger partial charge in [0, 0.05) is 12.1 Å². The highest BCUT2D eigenvalue weighted by Crippen LogP contribution is 2.34. The van der Waals surface area contributed by atoms with E-state index < -0.39 is 7.25 Å².